The number of carbonyl (C=O) groups is 1. The average molecular weight is 469 g/mol. The second-order valence-corrected chi connectivity index (χ2v) is 9.17. The van der Waals surface area contributed by atoms with Crippen LogP contribution in [0.25, 0.3) is 11.1 Å². The van der Waals surface area contributed by atoms with Gasteiger partial charge < -0.3 is 5.73 Å². The minimum absolute atomic E-state index is 0.00162. The molecule has 4 N–H and O–H groups in total. The van der Waals surface area contributed by atoms with Gasteiger partial charge in [-0.1, -0.05) is 43.3 Å². The Morgan fingerprint density at radius 2 is 1.91 bits per heavy atom. The first-order valence-electron chi connectivity index (χ1n) is 10.8. The third-order valence-corrected chi connectivity index (χ3v) is 6.90. The minimum atomic E-state index is -3.07. The van der Waals surface area contributed by atoms with Crippen molar-refractivity contribution >= 4 is 23.1 Å². The molecule has 0 aliphatic heterocycles. The number of alkyl halides is 2. The van der Waals surface area contributed by atoms with Crippen LogP contribution in [-0.2, 0) is 17.1 Å². The zero-order valence-corrected chi connectivity index (χ0v) is 19.3. The standard InChI is InChI=1S/C25H26F2N4OS/c1-3-10-31(30-15(2)22-13-17(14-33-22)24(28)29)23(32)12-16-8-9-19-18-6-4-5-7-20(18)25(26,27)21(19)11-16/h4-9,11,13-15,30H,3,10,12H2,1-2H3,(H3,28,29)/t15-/m1/s1. The number of fused-ring (bicyclic) bond motifs is 3. The number of amidine groups is 1. The molecule has 172 valence electrons. The van der Waals surface area contributed by atoms with E-state index in [4.69, 9.17) is 11.1 Å². The Morgan fingerprint density at radius 1 is 1.18 bits per heavy atom. The number of carbonyl (C=O) groups excluding carboxylic acids is 1. The van der Waals surface area contributed by atoms with Gasteiger partial charge in [-0.15, -0.1) is 11.3 Å². The van der Waals surface area contributed by atoms with Gasteiger partial charge in [-0.3, -0.25) is 15.2 Å². The normalized spacial score (nSPS) is 14.4. The smallest absolute Gasteiger partial charge is 0.299 e. The van der Waals surface area contributed by atoms with E-state index in [2.05, 4.69) is 5.43 Å². The van der Waals surface area contributed by atoms with Crippen molar-refractivity contribution in [3.8, 4) is 11.1 Å². The first-order valence-corrected chi connectivity index (χ1v) is 11.7. The van der Waals surface area contributed by atoms with Crippen molar-refractivity contribution < 1.29 is 13.6 Å². The molecular formula is C25H26F2N4OS. The van der Waals surface area contributed by atoms with Crippen molar-refractivity contribution in [3.63, 3.8) is 0 Å². The molecule has 3 aromatic rings. The van der Waals surface area contributed by atoms with Crippen molar-refractivity contribution in [1.82, 2.24) is 10.4 Å². The minimum Gasteiger partial charge on any atom is -0.384 e. The van der Waals surface area contributed by atoms with Gasteiger partial charge in [-0.25, -0.2) is 5.43 Å². The van der Waals surface area contributed by atoms with Gasteiger partial charge >= 0.3 is 0 Å². The van der Waals surface area contributed by atoms with Gasteiger partial charge in [0.2, 0.25) is 5.91 Å². The van der Waals surface area contributed by atoms with E-state index in [1.54, 1.807) is 35.3 Å². The number of hydrogen-bond acceptors (Lipinski definition) is 4. The highest BCUT2D eigenvalue weighted by atomic mass is 32.1. The highest BCUT2D eigenvalue weighted by Gasteiger charge is 2.44. The molecule has 0 spiro atoms. The average Bonchev–Trinajstić information content (AvgIpc) is 3.37. The van der Waals surface area contributed by atoms with Crippen molar-refractivity contribution in [3.05, 3.63) is 81.0 Å². The van der Waals surface area contributed by atoms with Crippen LogP contribution in [0.3, 0.4) is 0 Å². The van der Waals surface area contributed by atoms with Gasteiger partial charge in [0, 0.05) is 33.5 Å². The van der Waals surface area contributed by atoms with Gasteiger partial charge in [0.1, 0.15) is 5.84 Å². The number of amides is 1. The van der Waals surface area contributed by atoms with Gasteiger partial charge in [0.15, 0.2) is 0 Å². The van der Waals surface area contributed by atoms with Crippen molar-refractivity contribution in [1.29, 1.82) is 5.41 Å². The number of nitrogen functional groups attached to an aromatic ring is 1. The molecule has 1 aliphatic carbocycles. The zero-order chi connectivity index (χ0) is 23.8. The van der Waals surface area contributed by atoms with Crippen molar-refractivity contribution in [2.24, 2.45) is 5.73 Å². The summed E-state index contributed by atoms with van der Waals surface area (Å²) in [6.07, 6.45) is 0.759. The molecular weight excluding hydrogens is 442 g/mol. The number of nitrogens with one attached hydrogen (secondary N) is 2. The predicted octanol–water partition coefficient (Wildman–Crippen LogP) is 5.20. The number of nitrogens with zero attached hydrogens (tertiary/aromatic N) is 1. The lowest BCUT2D eigenvalue weighted by Gasteiger charge is -2.27. The topological polar surface area (TPSA) is 82.2 Å². The number of rotatable bonds is 8. The largest absolute Gasteiger partial charge is 0.384 e. The molecule has 4 rings (SSSR count). The Balaban J connectivity index is 1.51. The molecule has 1 aromatic heterocycles. The van der Waals surface area contributed by atoms with E-state index >= 15 is 8.78 Å². The van der Waals surface area contributed by atoms with E-state index in [0.717, 1.165) is 11.3 Å². The number of hydrazine groups is 1. The van der Waals surface area contributed by atoms with Crippen LogP contribution in [-0.4, -0.2) is 23.3 Å². The molecule has 1 amide bonds. The molecule has 0 saturated carbocycles. The van der Waals surface area contributed by atoms with Crippen LogP contribution in [0.5, 0.6) is 0 Å². The molecule has 8 heteroatoms. The highest BCUT2D eigenvalue weighted by molar-refractivity contribution is 7.10. The lowest BCUT2D eigenvalue weighted by atomic mass is 10.0. The summed E-state index contributed by atoms with van der Waals surface area (Å²) < 4.78 is 30.0. The Kier molecular flexibility index (Phi) is 6.32. The number of hydrogen-bond donors (Lipinski definition) is 3. The maximum atomic E-state index is 15.0. The van der Waals surface area contributed by atoms with Crippen molar-refractivity contribution in [2.45, 2.75) is 38.7 Å². The molecule has 1 heterocycles. The molecule has 1 aliphatic rings. The van der Waals surface area contributed by atoms with Crippen molar-refractivity contribution in [2.75, 3.05) is 6.54 Å². The summed E-state index contributed by atoms with van der Waals surface area (Å²) in [7, 11) is 0. The maximum absolute atomic E-state index is 15.0. The van der Waals surface area contributed by atoms with Crippen LogP contribution in [0.1, 0.15) is 53.4 Å². The molecule has 33 heavy (non-hydrogen) atoms. The van der Waals surface area contributed by atoms with Gasteiger partial charge in [-0.2, -0.15) is 8.78 Å². The van der Waals surface area contributed by atoms with Gasteiger partial charge in [0.25, 0.3) is 5.92 Å². The van der Waals surface area contributed by atoms with Crippen LogP contribution in [0.2, 0.25) is 0 Å². The van der Waals surface area contributed by atoms with Crippen LogP contribution in [0, 0.1) is 5.41 Å². The predicted molar refractivity (Wildman–Crippen MR) is 127 cm³/mol. The van der Waals surface area contributed by atoms with Crippen LogP contribution < -0.4 is 11.2 Å². The summed E-state index contributed by atoms with van der Waals surface area (Å²) in [5.41, 5.74) is 11.0. The number of nitrogens with two attached hydrogens (primary N) is 1. The van der Waals surface area contributed by atoms with Crippen LogP contribution >= 0.6 is 11.3 Å². The van der Waals surface area contributed by atoms with Gasteiger partial charge in [-0.05, 0) is 42.2 Å². The lowest BCUT2D eigenvalue weighted by Crippen LogP contribution is -2.45. The molecule has 0 saturated heterocycles. The Labute approximate surface area is 195 Å². The summed E-state index contributed by atoms with van der Waals surface area (Å²) in [4.78, 5) is 14.0. The van der Waals surface area contributed by atoms with Crippen LogP contribution in [0.4, 0.5) is 8.78 Å². The number of benzene rings is 2. The Bertz CT molecular complexity index is 1210. The van der Waals surface area contributed by atoms with Gasteiger partial charge in [0.05, 0.1) is 12.5 Å². The summed E-state index contributed by atoms with van der Waals surface area (Å²) in [6, 6.07) is 13.1. The fourth-order valence-electron chi connectivity index (χ4n) is 4.11. The molecule has 0 unspecified atom stereocenters. The molecule has 0 fully saturated rings. The summed E-state index contributed by atoms with van der Waals surface area (Å²) in [6.45, 7) is 4.39. The summed E-state index contributed by atoms with van der Waals surface area (Å²) in [5, 5.41) is 10.9. The SMILES string of the molecule is CCCN(N[C@H](C)c1cc(C(=N)N)cs1)C(=O)Cc1ccc2c(c1)C(F)(F)c1ccccc1-2. The molecule has 0 bridgehead atoms. The third-order valence-electron chi connectivity index (χ3n) is 5.79. The first-order chi connectivity index (χ1) is 15.7. The quantitative estimate of drug-likeness (QED) is 0.241. The molecule has 1 atom stereocenters. The fraction of sp³-hybridized carbons (Fsp3) is 0.280. The van der Waals surface area contributed by atoms with E-state index < -0.39 is 5.92 Å². The monoisotopic (exact) mass is 468 g/mol. The fourth-order valence-corrected chi connectivity index (χ4v) is 5.02. The molecule has 2 aromatic carbocycles. The highest BCUT2D eigenvalue weighted by Crippen LogP contribution is 2.50. The number of thiophene rings is 1. The number of halogens is 2. The first kappa shape index (κ1) is 23.1. The second-order valence-electron chi connectivity index (χ2n) is 8.22. The van der Waals surface area contributed by atoms with E-state index in [1.807, 2.05) is 25.3 Å². The Morgan fingerprint density at radius 3 is 2.61 bits per heavy atom. The Hall–Kier alpha value is -3.10. The van der Waals surface area contributed by atoms with E-state index in [-0.39, 0.29) is 35.3 Å². The van der Waals surface area contributed by atoms with Crippen LogP contribution in [0.15, 0.2) is 53.9 Å². The third kappa shape index (κ3) is 4.41. The second kappa shape index (κ2) is 9.03. The molecule has 0 radical (unpaired) electrons. The van der Waals surface area contributed by atoms with E-state index in [9.17, 15) is 4.79 Å². The van der Waals surface area contributed by atoms with E-state index in [0.29, 0.717) is 28.8 Å². The van der Waals surface area contributed by atoms with E-state index in [1.165, 1.54) is 23.5 Å². The molecule has 5 nitrogen and oxygen atoms in total. The maximum Gasteiger partial charge on any atom is 0.299 e. The summed E-state index contributed by atoms with van der Waals surface area (Å²) in [5.74, 6) is -3.26. The zero-order valence-electron chi connectivity index (χ0n) is 18.5. The lowest BCUT2D eigenvalue weighted by molar-refractivity contribution is -0.134. The summed E-state index contributed by atoms with van der Waals surface area (Å²) >= 11 is 1.46.